The molecule has 33 heavy (non-hydrogen) atoms. The van der Waals surface area contributed by atoms with Crippen LogP contribution in [-0.2, 0) is 13.1 Å². The van der Waals surface area contributed by atoms with Gasteiger partial charge < -0.3 is 14.2 Å². The molecule has 0 unspecified atom stereocenters. The van der Waals surface area contributed by atoms with Crippen molar-refractivity contribution in [2.24, 2.45) is 5.10 Å². The number of hydrogen-bond acceptors (Lipinski definition) is 8. The first-order chi connectivity index (χ1) is 16.1. The Bertz CT molecular complexity index is 1300. The van der Waals surface area contributed by atoms with Gasteiger partial charge in [0.2, 0.25) is 5.88 Å². The van der Waals surface area contributed by atoms with E-state index in [0.29, 0.717) is 54.1 Å². The summed E-state index contributed by atoms with van der Waals surface area (Å²) in [6.45, 7) is 3.29. The quantitative estimate of drug-likeness (QED) is 0.454. The lowest BCUT2D eigenvalue weighted by molar-refractivity contribution is 0.229. The summed E-state index contributed by atoms with van der Waals surface area (Å²) in [5, 5.41) is 10.2. The van der Waals surface area contributed by atoms with Crippen molar-refractivity contribution in [1.82, 2.24) is 30.1 Å². The molecule has 5 rings (SSSR count). The minimum absolute atomic E-state index is 0.0662. The molecule has 0 atom stereocenters. The van der Waals surface area contributed by atoms with Crippen molar-refractivity contribution >= 4 is 6.21 Å². The summed E-state index contributed by atoms with van der Waals surface area (Å²) in [4.78, 5) is 15.9. The number of H-pyrrole nitrogens is 1. The first-order valence-corrected chi connectivity index (χ1v) is 10.3. The van der Waals surface area contributed by atoms with E-state index in [-0.39, 0.29) is 11.4 Å². The van der Waals surface area contributed by atoms with Crippen molar-refractivity contribution in [3.63, 3.8) is 0 Å². The number of aromatic amines is 1. The van der Waals surface area contributed by atoms with Gasteiger partial charge in [-0.2, -0.15) is 5.10 Å². The number of aromatic nitrogens is 5. The minimum atomic E-state index is -0.945. The molecule has 9 nitrogen and oxygen atoms in total. The van der Waals surface area contributed by atoms with Gasteiger partial charge in [-0.3, -0.25) is 5.01 Å². The monoisotopic (exact) mass is 451 g/mol. The molecule has 11 heteroatoms. The van der Waals surface area contributed by atoms with Crippen LogP contribution in [0.1, 0.15) is 30.5 Å². The van der Waals surface area contributed by atoms with Crippen LogP contribution < -0.4 is 4.74 Å². The highest BCUT2D eigenvalue weighted by Crippen LogP contribution is 2.26. The lowest BCUT2D eigenvalue weighted by atomic mass is 10.2. The van der Waals surface area contributed by atoms with Crippen molar-refractivity contribution in [2.75, 3.05) is 6.61 Å². The van der Waals surface area contributed by atoms with Crippen molar-refractivity contribution < 1.29 is 18.0 Å². The molecule has 0 fully saturated rings. The molecule has 3 aromatic heterocycles. The van der Waals surface area contributed by atoms with Gasteiger partial charge in [0, 0.05) is 6.07 Å². The number of nitrogens with zero attached hydrogens (tertiary/aromatic N) is 6. The molecule has 0 saturated heterocycles. The van der Waals surface area contributed by atoms with Crippen LogP contribution in [0.25, 0.3) is 22.8 Å². The molecule has 0 amide bonds. The van der Waals surface area contributed by atoms with Crippen molar-refractivity contribution in [3.8, 4) is 28.7 Å². The average molecular weight is 451 g/mol. The van der Waals surface area contributed by atoms with Crippen LogP contribution in [0.5, 0.6) is 5.88 Å². The van der Waals surface area contributed by atoms with Gasteiger partial charge in [0.1, 0.15) is 17.2 Å². The Kier molecular flexibility index (Phi) is 5.51. The summed E-state index contributed by atoms with van der Waals surface area (Å²) in [5.41, 5.74) is 2.48. The van der Waals surface area contributed by atoms with Crippen LogP contribution in [0.15, 0.2) is 46.3 Å². The highest BCUT2D eigenvalue weighted by atomic mass is 19.2. The summed E-state index contributed by atoms with van der Waals surface area (Å²) in [7, 11) is 0. The van der Waals surface area contributed by atoms with Crippen LogP contribution in [0.3, 0.4) is 0 Å². The first-order valence-electron chi connectivity index (χ1n) is 10.3. The fourth-order valence-electron chi connectivity index (χ4n) is 3.33. The van der Waals surface area contributed by atoms with Gasteiger partial charge in [-0.25, -0.2) is 23.7 Å². The smallest absolute Gasteiger partial charge is 0.232 e. The Morgan fingerprint density at radius 2 is 2.09 bits per heavy atom. The third-order valence-electron chi connectivity index (χ3n) is 4.94. The van der Waals surface area contributed by atoms with E-state index in [1.165, 1.54) is 12.1 Å². The molecular formula is C22H19F2N7O2. The number of hydrogen-bond donors (Lipinski definition) is 1. The SMILES string of the molecule is CCCOc1cnc(-c2cc(CN3Cc4nc(-c5cccc(F)c5F)[nH]c4C=N3)on2)cn1. The zero-order valence-corrected chi connectivity index (χ0v) is 17.6. The van der Waals surface area contributed by atoms with E-state index < -0.39 is 11.6 Å². The molecule has 0 bridgehead atoms. The fourth-order valence-corrected chi connectivity index (χ4v) is 3.33. The number of fused-ring (bicyclic) bond motifs is 1. The van der Waals surface area contributed by atoms with Crippen molar-refractivity contribution in [3.05, 3.63) is 65.4 Å². The van der Waals surface area contributed by atoms with Crippen LogP contribution in [0, 0.1) is 11.6 Å². The van der Waals surface area contributed by atoms with Gasteiger partial charge in [0.05, 0.1) is 55.3 Å². The zero-order chi connectivity index (χ0) is 22.8. The number of imidazole rings is 1. The first kappa shape index (κ1) is 20.7. The summed E-state index contributed by atoms with van der Waals surface area (Å²) in [6.07, 6.45) is 5.60. The van der Waals surface area contributed by atoms with E-state index in [4.69, 9.17) is 9.26 Å². The standard InChI is InChI=1S/C22H19F2N7O2/c1-2-6-32-20-10-25-17(8-26-20)16-7-13(33-30-16)11-31-12-19-18(9-27-31)28-22(29-19)14-4-3-5-15(23)21(14)24/h3-5,7-10H,2,6,11-12H2,1H3,(H,28,29). The van der Waals surface area contributed by atoms with Gasteiger partial charge in [-0.05, 0) is 18.6 Å². The molecule has 168 valence electrons. The topological polar surface area (TPSA) is 105 Å². The van der Waals surface area contributed by atoms with Crippen molar-refractivity contribution in [1.29, 1.82) is 0 Å². The van der Waals surface area contributed by atoms with E-state index in [1.807, 2.05) is 6.92 Å². The number of nitrogens with one attached hydrogen (secondary N) is 1. The molecule has 1 aromatic carbocycles. The number of rotatable bonds is 7. The van der Waals surface area contributed by atoms with Crippen LogP contribution in [-0.4, -0.2) is 42.9 Å². The Morgan fingerprint density at radius 1 is 1.18 bits per heavy atom. The van der Waals surface area contributed by atoms with Crippen LogP contribution in [0.2, 0.25) is 0 Å². The molecule has 4 heterocycles. The van der Waals surface area contributed by atoms with E-state index in [0.717, 1.165) is 12.5 Å². The molecule has 1 aliphatic heterocycles. The van der Waals surface area contributed by atoms with Gasteiger partial charge in [-0.1, -0.05) is 18.1 Å². The predicted octanol–water partition coefficient (Wildman–Crippen LogP) is 3.94. The third kappa shape index (κ3) is 4.29. The Balaban J connectivity index is 1.27. The second-order valence-electron chi connectivity index (χ2n) is 7.38. The molecule has 0 spiro atoms. The third-order valence-corrected chi connectivity index (χ3v) is 4.94. The number of benzene rings is 1. The molecular weight excluding hydrogens is 432 g/mol. The van der Waals surface area contributed by atoms with Crippen LogP contribution in [0.4, 0.5) is 8.78 Å². The van der Waals surface area contributed by atoms with Gasteiger partial charge in [-0.15, -0.1) is 0 Å². The maximum atomic E-state index is 14.1. The van der Waals surface area contributed by atoms with E-state index >= 15 is 0 Å². The number of halogens is 2. The molecule has 1 aliphatic rings. The summed E-state index contributed by atoms with van der Waals surface area (Å²) < 4.78 is 38.5. The highest BCUT2D eigenvalue weighted by Gasteiger charge is 2.21. The Morgan fingerprint density at radius 3 is 2.91 bits per heavy atom. The number of ether oxygens (including phenoxy) is 1. The van der Waals surface area contributed by atoms with E-state index in [1.54, 1.807) is 29.7 Å². The lowest BCUT2D eigenvalue weighted by Crippen LogP contribution is -2.21. The molecule has 0 saturated carbocycles. The summed E-state index contributed by atoms with van der Waals surface area (Å²) in [6, 6.07) is 5.74. The summed E-state index contributed by atoms with van der Waals surface area (Å²) in [5.74, 6) is -0.590. The summed E-state index contributed by atoms with van der Waals surface area (Å²) >= 11 is 0. The Hall–Kier alpha value is -4.15. The second kappa shape index (κ2) is 8.77. The predicted molar refractivity (Wildman–Crippen MR) is 114 cm³/mol. The molecule has 0 aliphatic carbocycles. The van der Waals surface area contributed by atoms with Crippen LogP contribution >= 0.6 is 0 Å². The fraction of sp³-hybridized carbons (Fsp3) is 0.227. The average Bonchev–Trinajstić information content (AvgIpc) is 3.47. The molecule has 0 radical (unpaired) electrons. The normalized spacial score (nSPS) is 12.8. The maximum Gasteiger partial charge on any atom is 0.232 e. The highest BCUT2D eigenvalue weighted by molar-refractivity contribution is 5.80. The van der Waals surface area contributed by atoms with E-state index in [9.17, 15) is 8.78 Å². The minimum Gasteiger partial charge on any atom is -0.477 e. The van der Waals surface area contributed by atoms with Gasteiger partial charge in [0.25, 0.3) is 0 Å². The molecule has 4 aromatic rings. The maximum absolute atomic E-state index is 14.1. The molecule has 1 N–H and O–H groups in total. The second-order valence-corrected chi connectivity index (χ2v) is 7.38. The largest absolute Gasteiger partial charge is 0.477 e. The van der Waals surface area contributed by atoms with Gasteiger partial charge >= 0.3 is 0 Å². The zero-order valence-electron chi connectivity index (χ0n) is 17.6. The lowest BCUT2D eigenvalue weighted by Gasteiger charge is -2.19. The van der Waals surface area contributed by atoms with Crippen molar-refractivity contribution in [2.45, 2.75) is 26.4 Å². The van der Waals surface area contributed by atoms with Gasteiger partial charge in [0.15, 0.2) is 17.4 Å². The Labute approximate surface area is 187 Å². The van der Waals surface area contributed by atoms with E-state index in [2.05, 4.69) is 30.2 Å². The number of hydrazone groups is 1.